The average molecular weight is 430 g/mol. The van der Waals surface area contributed by atoms with Crippen LogP contribution in [0, 0.1) is 23.1 Å². The summed E-state index contributed by atoms with van der Waals surface area (Å²) in [6.45, 7) is 2.35. The first-order chi connectivity index (χ1) is 14.5. The van der Waals surface area contributed by atoms with E-state index in [9.17, 15) is 9.50 Å². The number of nitrogens with two attached hydrogens (primary N) is 1. The normalized spacial score (nSPS) is 26.0. The molecule has 1 aromatic heterocycles. The quantitative estimate of drug-likeness (QED) is 0.580. The molecule has 3 atom stereocenters. The van der Waals surface area contributed by atoms with Crippen molar-refractivity contribution in [3.63, 3.8) is 0 Å². The van der Waals surface area contributed by atoms with Gasteiger partial charge in [0.25, 0.3) is 0 Å². The molecule has 3 aliphatic carbocycles. The standard InChI is InChI=1S/C24H29FN2O.H3NS/c1-24-14-17-15-26-27(20-10-8-19(25)9-11-20)22(17)13-18(24)3-2-4-21(24)23(28)12-7-16-5-6-16;1-2/h8-11,13,15-16,21,23,28H,2-7,12,14H2,1H3;2H,1H2/t21?,23?,24-;/m0./s1. The highest BCUT2D eigenvalue weighted by molar-refractivity contribution is 7.77. The topological polar surface area (TPSA) is 64.1 Å². The largest absolute Gasteiger partial charge is 0.393 e. The molecule has 2 aromatic rings. The number of aliphatic hydroxyl groups is 1. The van der Waals surface area contributed by atoms with Crippen molar-refractivity contribution < 1.29 is 9.50 Å². The van der Waals surface area contributed by atoms with Gasteiger partial charge < -0.3 is 5.11 Å². The molecule has 3 N–H and O–H groups in total. The molecule has 6 heteroatoms. The van der Waals surface area contributed by atoms with Crippen molar-refractivity contribution in [2.75, 3.05) is 0 Å². The van der Waals surface area contributed by atoms with Gasteiger partial charge in [-0.25, -0.2) is 9.07 Å². The van der Waals surface area contributed by atoms with Crippen LogP contribution in [-0.2, 0) is 6.42 Å². The van der Waals surface area contributed by atoms with E-state index in [-0.39, 0.29) is 17.3 Å². The maximum atomic E-state index is 13.3. The third kappa shape index (κ3) is 4.10. The Bertz CT molecular complexity index is 906. The van der Waals surface area contributed by atoms with Crippen LogP contribution < -0.4 is 5.14 Å². The number of rotatable bonds is 5. The Balaban J connectivity index is 0.00000106. The number of allylic oxidation sites excluding steroid dienone is 1. The lowest BCUT2D eigenvalue weighted by molar-refractivity contribution is 0.0158. The number of thiol groups is 1. The van der Waals surface area contributed by atoms with E-state index in [1.807, 2.05) is 10.9 Å². The number of fused-ring (bicyclic) bond motifs is 2. The van der Waals surface area contributed by atoms with Gasteiger partial charge in [-0.3, -0.25) is 5.14 Å². The Morgan fingerprint density at radius 3 is 2.70 bits per heavy atom. The van der Waals surface area contributed by atoms with Gasteiger partial charge in [0.1, 0.15) is 5.82 Å². The molecular formula is C24H32FN3OS. The minimum Gasteiger partial charge on any atom is -0.393 e. The Morgan fingerprint density at radius 1 is 1.27 bits per heavy atom. The second-order valence-electron chi connectivity index (χ2n) is 9.29. The van der Waals surface area contributed by atoms with Gasteiger partial charge in [0.15, 0.2) is 0 Å². The minimum absolute atomic E-state index is 0.0187. The molecule has 162 valence electrons. The molecular weight excluding hydrogens is 397 g/mol. The number of nitrogens with zero attached hydrogens (tertiary/aromatic N) is 2. The summed E-state index contributed by atoms with van der Waals surface area (Å²) in [5.41, 5.74) is 4.71. The fraction of sp³-hybridized carbons (Fsp3) is 0.542. The molecule has 4 nitrogen and oxygen atoms in total. The SMILES string of the molecule is C[C@]12Cc3cnn(-c4ccc(F)cc4)c3C=C1CCCC2C(O)CCC1CC1.NS. The van der Waals surface area contributed by atoms with Gasteiger partial charge in [0.2, 0.25) is 0 Å². The number of hydrogen-bond acceptors (Lipinski definition) is 4. The van der Waals surface area contributed by atoms with E-state index < -0.39 is 0 Å². The van der Waals surface area contributed by atoms with Crippen LogP contribution in [0.25, 0.3) is 11.8 Å². The first-order valence-corrected chi connectivity index (χ1v) is 11.5. The molecule has 0 amide bonds. The zero-order valence-corrected chi connectivity index (χ0v) is 18.5. The molecule has 2 unspecified atom stereocenters. The van der Waals surface area contributed by atoms with Crippen molar-refractivity contribution >= 4 is 18.9 Å². The fourth-order valence-electron chi connectivity index (χ4n) is 5.50. The lowest BCUT2D eigenvalue weighted by atomic mass is 9.58. The molecule has 3 aliphatic rings. The van der Waals surface area contributed by atoms with Crippen LogP contribution in [0.3, 0.4) is 0 Å². The smallest absolute Gasteiger partial charge is 0.123 e. The molecule has 2 fully saturated rings. The molecule has 1 aromatic carbocycles. The van der Waals surface area contributed by atoms with Crippen LogP contribution in [0.15, 0.2) is 36.0 Å². The summed E-state index contributed by atoms with van der Waals surface area (Å²) in [4.78, 5) is 0. The lowest BCUT2D eigenvalue weighted by Gasteiger charge is -2.47. The van der Waals surface area contributed by atoms with Gasteiger partial charge >= 0.3 is 0 Å². The van der Waals surface area contributed by atoms with Crippen LogP contribution in [0.4, 0.5) is 4.39 Å². The third-order valence-electron chi connectivity index (χ3n) is 7.37. The van der Waals surface area contributed by atoms with E-state index in [2.05, 4.69) is 36.1 Å². The van der Waals surface area contributed by atoms with Gasteiger partial charge in [-0.05, 0) is 91.7 Å². The molecule has 1 heterocycles. The van der Waals surface area contributed by atoms with E-state index in [0.717, 1.165) is 49.4 Å². The number of aliphatic hydroxyl groups excluding tert-OH is 1. The fourth-order valence-corrected chi connectivity index (χ4v) is 5.50. The summed E-state index contributed by atoms with van der Waals surface area (Å²) in [7, 11) is 0. The van der Waals surface area contributed by atoms with E-state index in [0.29, 0.717) is 5.92 Å². The molecule has 5 rings (SSSR count). The molecule has 0 spiro atoms. The highest BCUT2D eigenvalue weighted by atomic mass is 32.1. The van der Waals surface area contributed by atoms with Crippen LogP contribution in [0.2, 0.25) is 0 Å². The lowest BCUT2D eigenvalue weighted by Crippen LogP contribution is -2.43. The maximum Gasteiger partial charge on any atom is 0.123 e. The van der Waals surface area contributed by atoms with Crippen molar-refractivity contribution in [1.82, 2.24) is 9.78 Å². The second kappa shape index (κ2) is 8.85. The molecule has 2 saturated carbocycles. The molecule has 0 bridgehead atoms. The first-order valence-electron chi connectivity index (χ1n) is 11.0. The monoisotopic (exact) mass is 429 g/mol. The van der Waals surface area contributed by atoms with Crippen LogP contribution in [0.1, 0.15) is 63.1 Å². The van der Waals surface area contributed by atoms with Gasteiger partial charge in [-0.1, -0.05) is 25.3 Å². The van der Waals surface area contributed by atoms with Gasteiger partial charge in [-0.2, -0.15) is 5.10 Å². The highest BCUT2D eigenvalue weighted by Crippen LogP contribution is 2.53. The molecule has 30 heavy (non-hydrogen) atoms. The Hall–Kier alpha value is -1.63. The average Bonchev–Trinajstić information content (AvgIpc) is 3.51. The Labute approximate surface area is 183 Å². The van der Waals surface area contributed by atoms with E-state index >= 15 is 0 Å². The van der Waals surface area contributed by atoms with Crippen LogP contribution in [0.5, 0.6) is 0 Å². The number of aromatic nitrogens is 2. The summed E-state index contributed by atoms with van der Waals surface area (Å²) in [6.07, 6.45) is 13.2. The molecule has 0 radical (unpaired) electrons. The van der Waals surface area contributed by atoms with Crippen LogP contribution in [-0.4, -0.2) is 21.0 Å². The van der Waals surface area contributed by atoms with Crippen molar-refractivity contribution in [3.8, 4) is 5.69 Å². The van der Waals surface area contributed by atoms with Crippen molar-refractivity contribution in [2.45, 2.75) is 64.4 Å². The molecule has 0 saturated heterocycles. The van der Waals surface area contributed by atoms with Crippen molar-refractivity contribution in [2.24, 2.45) is 22.4 Å². The van der Waals surface area contributed by atoms with Crippen molar-refractivity contribution in [3.05, 3.63) is 53.1 Å². The first kappa shape index (κ1) is 21.6. The van der Waals surface area contributed by atoms with E-state index in [4.69, 9.17) is 0 Å². The van der Waals surface area contributed by atoms with E-state index in [1.165, 1.54) is 42.5 Å². The van der Waals surface area contributed by atoms with Crippen molar-refractivity contribution in [1.29, 1.82) is 0 Å². The van der Waals surface area contributed by atoms with Crippen LogP contribution >= 0.6 is 12.8 Å². The number of benzene rings is 1. The summed E-state index contributed by atoms with van der Waals surface area (Å²) in [6, 6.07) is 6.52. The summed E-state index contributed by atoms with van der Waals surface area (Å²) < 4.78 is 15.2. The van der Waals surface area contributed by atoms with Gasteiger partial charge in [-0.15, -0.1) is 12.8 Å². The maximum absolute atomic E-state index is 13.3. The zero-order chi connectivity index (χ0) is 21.3. The predicted molar refractivity (Wildman–Crippen MR) is 122 cm³/mol. The van der Waals surface area contributed by atoms with E-state index in [1.54, 1.807) is 12.1 Å². The second-order valence-corrected chi connectivity index (χ2v) is 9.29. The van der Waals surface area contributed by atoms with Gasteiger partial charge in [0, 0.05) is 0 Å². The number of halogens is 1. The Morgan fingerprint density at radius 2 is 2.00 bits per heavy atom. The summed E-state index contributed by atoms with van der Waals surface area (Å²) >= 11 is 3.03. The minimum atomic E-state index is -0.231. The Kier molecular flexibility index (Phi) is 6.37. The third-order valence-corrected chi connectivity index (χ3v) is 7.37. The highest BCUT2D eigenvalue weighted by Gasteiger charge is 2.46. The predicted octanol–water partition coefficient (Wildman–Crippen LogP) is 5.10. The zero-order valence-electron chi connectivity index (χ0n) is 17.6. The summed E-state index contributed by atoms with van der Waals surface area (Å²) in [5.74, 6) is 0.965. The summed E-state index contributed by atoms with van der Waals surface area (Å²) in [5, 5.41) is 19.8. The molecule has 0 aliphatic heterocycles. The van der Waals surface area contributed by atoms with Gasteiger partial charge in [0.05, 0.1) is 23.7 Å². The number of hydrogen-bond donors (Lipinski definition) is 3.